The van der Waals surface area contributed by atoms with Crippen LogP contribution in [0.3, 0.4) is 0 Å². The summed E-state index contributed by atoms with van der Waals surface area (Å²) >= 11 is 0. The molecule has 0 aliphatic carbocycles. The van der Waals surface area contributed by atoms with Crippen LogP contribution in [0.4, 0.5) is 0 Å². The zero-order chi connectivity index (χ0) is 7.11. The van der Waals surface area contributed by atoms with Gasteiger partial charge in [0.2, 0.25) is 0 Å². The molecule has 0 saturated carbocycles. The SMILES string of the molecule is CCOCC(N)CCO. The average Bonchev–Trinajstić information content (AvgIpc) is 1.85. The van der Waals surface area contributed by atoms with Crippen molar-refractivity contribution in [3.05, 3.63) is 0 Å². The molecule has 0 aliphatic heterocycles. The minimum atomic E-state index is -0.00468. The molecule has 9 heavy (non-hydrogen) atoms. The van der Waals surface area contributed by atoms with Crippen LogP contribution in [0.5, 0.6) is 0 Å². The van der Waals surface area contributed by atoms with Crippen molar-refractivity contribution in [2.45, 2.75) is 19.4 Å². The van der Waals surface area contributed by atoms with Gasteiger partial charge in [0.1, 0.15) is 0 Å². The lowest BCUT2D eigenvalue weighted by atomic mass is 10.2. The molecule has 3 N–H and O–H groups in total. The normalized spacial score (nSPS) is 13.7. The Hall–Kier alpha value is -0.120. The molecule has 0 heterocycles. The molecule has 0 aromatic heterocycles. The van der Waals surface area contributed by atoms with E-state index < -0.39 is 0 Å². The van der Waals surface area contributed by atoms with Gasteiger partial charge in [0.25, 0.3) is 0 Å². The highest BCUT2D eigenvalue weighted by Gasteiger charge is 1.98. The molecule has 3 nitrogen and oxygen atoms in total. The Morgan fingerprint density at radius 1 is 1.67 bits per heavy atom. The Balaban J connectivity index is 2.95. The van der Waals surface area contributed by atoms with E-state index in [2.05, 4.69) is 0 Å². The van der Waals surface area contributed by atoms with E-state index in [4.69, 9.17) is 15.6 Å². The fourth-order valence-electron chi connectivity index (χ4n) is 0.518. The van der Waals surface area contributed by atoms with Gasteiger partial charge in [0, 0.05) is 19.3 Å². The van der Waals surface area contributed by atoms with Crippen molar-refractivity contribution in [2.24, 2.45) is 5.73 Å². The number of aliphatic hydroxyl groups is 1. The lowest BCUT2D eigenvalue weighted by Crippen LogP contribution is -2.27. The van der Waals surface area contributed by atoms with Crippen molar-refractivity contribution in [1.82, 2.24) is 0 Å². The van der Waals surface area contributed by atoms with Crippen LogP contribution in [0.2, 0.25) is 0 Å². The van der Waals surface area contributed by atoms with Gasteiger partial charge in [-0.15, -0.1) is 0 Å². The van der Waals surface area contributed by atoms with E-state index in [1.54, 1.807) is 0 Å². The first-order chi connectivity index (χ1) is 4.31. The van der Waals surface area contributed by atoms with E-state index in [9.17, 15) is 0 Å². The first-order valence-electron chi connectivity index (χ1n) is 3.25. The third-order valence-electron chi connectivity index (χ3n) is 1.04. The summed E-state index contributed by atoms with van der Waals surface area (Å²) in [7, 11) is 0. The number of nitrogens with two attached hydrogens (primary N) is 1. The molecule has 0 amide bonds. The molecule has 0 aromatic carbocycles. The Morgan fingerprint density at radius 3 is 2.78 bits per heavy atom. The van der Waals surface area contributed by atoms with E-state index in [-0.39, 0.29) is 12.6 Å². The van der Waals surface area contributed by atoms with Crippen LogP contribution < -0.4 is 5.73 Å². The van der Waals surface area contributed by atoms with Gasteiger partial charge in [0.05, 0.1) is 6.61 Å². The molecule has 0 fully saturated rings. The van der Waals surface area contributed by atoms with Crippen molar-refractivity contribution >= 4 is 0 Å². The van der Waals surface area contributed by atoms with E-state index in [1.807, 2.05) is 6.92 Å². The summed E-state index contributed by atoms with van der Waals surface area (Å²) in [5.74, 6) is 0. The number of hydrogen-bond acceptors (Lipinski definition) is 3. The summed E-state index contributed by atoms with van der Waals surface area (Å²) in [6, 6.07) is -0.00468. The van der Waals surface area contributed by atoms with Crippen LogP contribution in [0, 0.1) is 0 Å². The first kappa shape index (κ1) is 8.88. The quantitative estimate of drug-likeness (QED) is 0.543. The predicted octanol–water partition coefficient (Wildman–Crippen LogP) is -0.267. The smallest absolute Gasteiger partial charge is 0.0618 e. The zero-order valence-electron chi connectivity index (χ0n) is 5.84. The summed E-state index contributed by atoms with van der Waals surface area (Å²) in [6.45, 7) is 3.32. The van der Waals surface area contributed by atoms with E-state index in [0.717, 1.165) is 0 Å². The van der Waals surface area contributed by atoms with Gasteiger partial charge in [0.15, 0.2) is 0 Å². The summed E-state index contributed by atoms with van der Waals surface area (Å²) in [6.07, 6.45) is 0.625. The molecule has 0 saturated heterocycles. The van der Waals surface area contributed by atoms with E-state index >= 15 is 0 Å². The number of ether oxygens (including phenoxy) is 1. The number of aliphatic hydroxyl groups excluding tert-OH is 1. The third-order valence-corrected chi connectivity index (χ3v) is 1.04. The standard InChI is InChI=1S/C6H15NO2/c1-2-9-5-6(7)3-4-8/h6,8H,2-5,7H2,1H3. The molecule has 0 bridgehead atoms. The first-order valence-corrected chi connectivity index (χ1v) is 3.25. The molecule has 3 heteroatoms. The molecule has 0 aromatic rings. The maximum absolute atomic E-state index is 8.40. The topological polar surface area (TPSA) is 55.5 Å². The molecular weight excluding hydrogens is 118 g/mol. The minimum Gasteiger partial charge on any atom is -0.396 e. The molecule has 1 atom stereocenters. The molecular formula is C6H15NO2. The lowest BCUT2D eigenvalue weighted by molar-refractivity contribution is 0.123. The van der Waals surface area contributed by atoms with Crippen molar-refractivity contribution < 1.29 is 9.84 Å². The Labute approximate surface area is 55.8 Å². The second kappa shape index (κ2) is 6.01. The highest BCUT2D eigenvalue weighted by molar-refractivity contribution is 4.57. The second-order valence-electron chi connectivity index (χ2n) is 1.93. The molecule has 1 unspecified atom stereocenters. The van der Waals surface area contributed by atoms with Crippen LogP contribution >= 0.6 is 0 Å². The summed E-state index contributed by atoms with van der Waals surface area (Å²) in [4.78, 5) is 0. The second-order valence-corrected chi connectivity index (χ2v) is 1.93. The van der Waals surface area contributed by atoms with Crippen molar-refractivity contribution in [3.63, 3.8) is 0 Å². The van der Waals surface area contributed by atoms with Crippen LogP contribution in [-0.2, 0) is 4.74 Å². The molecule has 0 radical (unpaired) electrons. The van der Waals surface area contributed by atoms with Gasteiger partial charge >= 0.3 is 0 Å². The van der Waals surface area contributed by atoms with E-state index in [0.29, 0.717) is 19.6 Å². The average molecular weight is 133 g/mol. The molecule has 0 rings (SSSR count). The summed E-state index contributed by atoms with van der Waals surface area (Å²) < 4.78 is 5.01. The van der Waals surface area contributed by atoms with Crippen molar-refractivity contribution in [2.75, 3.05) is 19.8 Å². The fourth-order valence-corrected chi connectivity index (χ4v) is 0.518. The maximum atomic E-state index is 8.40. The Bertz CT molecular complexity index is 59.0. The monoisotopic (exact) mass is 133 g/mol. The summed E-state index contributed by atoms with van der Waals surface area (Å²) in [5, 5.41) is 8.40. The number of hydrogen-bond donors (Lipinski definition) is 2. The van der Waals surface area contributed by atoms with Crippen molar-refractivity contribution in [1.29, 1.82) is 0 Å². The van der Waals surface area contributed by atoms with Gasteiger partial charge in [-0.25, -0.2) is 0 Å². The Kier molecular flexibility index (Phi) is 5.93. The van der Waals surface area contributed by atoms with Crippen LogP contribution in [0.25, 0.3) is 0 Å². The van der Waals surface area contributed by atoms with Gasteiger partial charge in [-0.1, -0.05) is 0 Å². The highest BCUT2D eigenvalue weighted by atomic mass is 16.5. The van der Waals surface area contributed by atoms with Gasteiger partial charge < -0.3 is 15.6 Å². The number of rotatable bonds is 5. The van der Waals surface area contributed by atoms with Crippen molar-refractivity contribution in [3.8, 4) is 0 Å². The van der Waals surface area contributed by atoms with Gasteiger partial charge in [-0.05, 0) is 13.3 Å². The minimum absolute atomic E-state index is 0.00468. The molecule has 56 valence electrons. The lowest BCUT2D eigenvalue weighted by Gasteiger charge is -2.07. The maximum Gasteiger partial charge on any atom is 0.0618 e. The van der Waals surface area contributed by atoms with Crippen LogP contribution in [-0.4, -0.2) is 31.0 Å². The van der Waals surface area contributed by atoms with Gasteiger partial charge in [-0.3, -0.25) is 0 Å². The third kappa shape index (κ3) is 5.76. The van der Waals surface area contributed by atoms with Crippen LogP contribution in [0.1, 0.15) is 13.3 Å². The van der Waals surface area contributed by atoms with E-state index in [1.165, 1.54) is 0 Å². The van der Waals surface area contributed by atoms with Crippen LogP contribution in [0.15, 0.2) is 0 Å². The summed E-state index contributed by atoms with van der Waals surface area (Å²) in [5.41, 5.74) is 5.49. The van der Waals surface area contributed by atoms with Gasteiger partial charge in [-0.2, -0.15) is 0 Å². The predicted molar refractivity (Wildman–Crippen MR) is 36.2 cm³/mol. The molecule has 0 aliphatic rings. The fraction of sp³-hybridized carbons (Fsp3) is 1.00. The zero-order valence-corrected chi connectivity index (χ0v) is 5.84. The highest BCUT2D eigenvalue weighted by Crippen LogP contribution is 1.86. The molecule has 0 spiro atoms. The largest absolute Gasteiger partial charge is 0.396 e. The Morgan fingerprint density at radius 2 is 2.33 bits per heavy atom.